The first-order valence-corrected chi connectivity index (χ1v) is 8.42. The zero-order valence-corrected chi connectivity index (χ0v) is 15.1. The molecule has 5 nitrogen and oxygen atoms in total. The Hall–Kier alpha value is -1.27. The lowest BCUT2D eigenvalue weighted by Gasteiger charge is -2.25. The van der Waals surface area contributed by atoms with Gasteiger partial charge in [0.15, 0.2) is 11.5 Å². The fourth-order valence-electron chi connectivity index (χ4n) is 2.71. The first-order valence-electron chi connectivity index (χ1n) is 7.50. The lowest BCUT2D eigenvalue weighted by Crippen LogP contribution is -2.36. The Bertz CT molecular complexity index is 546. The molecule has 1 aromatic rings. The molecule has 0 spiro atoms. The van der Waals surface area contributed by atoms with Crippen molar-refractivity contribution in [3.8, 4) is 11.5 Å². The topological polar surface area (TPSA) is 42.0 Å². The van der Waals surface area contributed by atoms with Crippen LogP contribution in [-0.4, -0.2) is 56.1 Å². The third kappa shape index (κ3) is 3.08. The molecule has 22 heavy (non-hydrogen) atoms. The molecule has 1 aromatic carbocycles. The molecule has 122 valence electrons. The van der Waals surface area contributed by atoms with Gasteiger partial charge in [0.05, 0.1) is 14.2 Å². The van der Waals surface area contributed by atoms with Gasteiger partial charge in [-0.3, -0.25) is 4.79 Å². The average Bonchev–Trinajstić information content (AvgIpc) is 2.78. The number of nitrogens with zero attached hydrogens (tertiary/aromatic N) is 2. The van der Waals surface area contributed by atoms with Crippen molar-refractivity contribution in [1.82, 2.24) is 9.80 Å². The van der Waals surface area contributed by atoms with E-state index in [0.29, 0.717) is 23.6 Å². The van der Waals surface area contributed by atoms with E-state index in [1.165, 1.54) is 0 Å². The smallest absolute Gasteiger partial charge is 0.255 e. The number of alkyl halides is 1. The highest BCUT2D eigenvalue weighted by Gasteiger charge is 2.36. The van der Waals surface area contributed by atoms with Gasteiger partial charge >= 0.3 is 0 Å². The first-order chi connectivity index (χ1) is 10.6. The highest BCUT2D eigenvalue weighted by atomic mass is 79.9. The predicted molar refractivity (Wildman–Crippen MR) is 90.0 cm³/mol. The highest BCUT2D eigenvalue weighted by Crippen LogP contribution is 2.43. The molecule has 0 bridgehead atoms. The normalized spacial score (nSPS) is 17.1. The van der Waals surface area contributed by atoms with Gasteiger partial charge in [-0.05, 0) is 25.2 Å². The van der Waals surface area contributed by atoms with E-state index in [1.807, 2.05) is 11.0 Å². The second-order valence-corrected chi connectivity index (χ2v) is 6.02. The van der Waals surface area contributed by atoms with Crippen LogP contribution in [0.1, 0.15) is 34.7 Å². The van der Waals surface area contributed by atoms with E-state index in [-0.39, 0.29) is 10.9 Å². The summed E-state index contributed by atoms with van der Waals surface area (Å²) in [5, 5.41) is 0. The number of ether oxygens (including phenoxy) is 2. The molecule has 1 heterocycles. The van der Waals surface area contributed by atoms with E-state index in [2.05, 4.69) is 34.7 Å². The molecule has 0 N–H and O–H groups in total. The summed E-state index contributed by atoms with van der Waals surface area (Å²) in [5.41, 5.74) is 1.61. The summed E-state index contributed by atoms with van der Waals surface area (Å²) in [5.74, 6) is 1.26. The van der Waals surface area contributed by atoms with Crippen molar-refractivity contribution >= 4 is 21.8 Å². The van der Waals surface area contributed by atoms with E-state index >= 15 is 0 Å². The third-order valence-electron chi connectivity index (χ3n) is 4.13. The van der Waals surface area contributed by atoms with Gasteiger partial charge in [-0.1, -0.05) is 29.8 Å². The van der Waals surface area contributed by atoms with Crippen LogP contribution < -0.4 is 9.47 Å². The Morgan fingerprint density at radius 3 is 2.32 bits per heavy atom. The van der Waals surface area contributed by atoms with Crippen LogP contribution in [0.2, 0.25) is 0 Å². The summed E-state index contributed by atoms with van der Waals surface area (Å²) in [6.45, 7) is 7.79. The second-order valence-electron chi connectivity index (χ2n) is 5.16. The van der Waals surface area contributed by atoms with Crippen LogP contribution in [0.5, 0.6) is 11.5 Å². The van der Waals surface area contributed by atoms with Crippen molar-refractivity contribution in [3.63, 3.8) is 0 Å². The molecule has 0 radical (unpaired) electrons. The molecule has 0 aliphatic carbocycles. The lowest BCUT2D eigenvalue weighted by atomic mass is 10.1. The van der Waals surface area contributed by atoms with Gasteiger partial charge in [0.25, 0.3) is 5.91 Å². The molecule has 1 unspecified atom stereocenters. The summed E-state index contributed by atoms with van der Waals surface area (Å²) in [6.07, 6.45) is 0. The molecule has 1 aliphatic rings. The van der Waals surface area contributed by atoms with Crippen molar-refractivity contribution in [2.45, 2.75) is 18.8 Å². The predicted octanol–water partition coefficient (Wildman–Crippen LogP) is 2.89. The van der Waals surface area contributed by atoms with Gasteiger partial charge in [-0.25, -0.2) is 0 Å². The molecule has 0 saturated heterocycles. The van der Waals surface area contributed by atoms with Crippen molar-refractivity contribution in [2.24, 2.45) is 0 Å². The first kappa shape index (κ1) is 17.1. The molecular weight excluding hydrogens is 348 g/mol. The van der Waals surface area contributed by atoms with E-state index in [9.17, 15) is 4.79 Å². The Labute approximate surface area is 140 Å². The molecule has 1 atom stereocenters. The summed E-state index contributed by atoms with van der Waals surface area (Å²) in [6, 6.07) is 3.64. The minimum Gasteiger partial charge on any atom is -0.493 e. The van der Waals surface area contributed by atoms with Gasteiger partial charge in [0.2, 0.25) is 0 Å². The van der Waals surface area contributed by atoms with E-state index in [1.54, 1.807) is 20.3 Å². The van der Waals surface area contributed by atoms with Crippen molar-refractivity contribution in [1.29, 1.82) is 0 Å². The lowest BCUT2D eigenvalue weighted by molar-refractivity contribution is 0.0758. The number of carbonyl (C=O) groups excluding carboxylic acids is 1. The quantitative estimate of drug-likeness (QED) is 0.546. The van der Waals surface area contributed by atoms with Crippen molar-refractivity contribution < 1.29 is 14.3 Å². The van der Waals surface area contributed by atoms with Crippen LogP contribution in [0.25, 0.3) is 0 Å². The number of hydrogen-bond donors (Lipinski definition) is 0. The molecule has 6 heteroatoms. The maximum atomic E-state index is 12.6. The number of fused-ring (bicyclic) bond motifs is 1. The molecular formula is C16H23BrN2O3. The number of amides is 1. The number of hydrogen-bond acceptors (Lipinski definition) is 4. The maximum Gasteiger partial charge on any atom is 0.255 e. The number of methoxy groups -OCH3 is 2. The Morgan fingerprint density at radius 2 is 1.77 bits per heavy atom. The van der Waals surface area contributed by atoms with Crippen LogP contribution in [0.15, 0.2) is 12.1 Å². The summed E-state index contributed by atoms with van der Waals surface area (Å²) >= 11 is 3.64. The van der Waals surface area contributed by atoms with Crippen LogP contribution in [0, 0.1) is 0 Å². The SMILES string of the molecule is CCN(CC)CCN1C(=O)c2cc(OC)c(OC)cc2C1Br. The Balaban J connectivity index is 2.23. The molecule has 1 amide bonds. The molecule has 0 fully saturated rings. The Kier molecular flexibility index (Phi) is 5.69. The van der Waals surface area contributed by atoms with Crippen LogP contribution >= 0.6 is 15.9 Å². The minimum absolute atomic E-state index is 0.0324. The Morgan fingerprint density at radius 1 is 1.18 bits per heavy atom. The zero-order chi connectivity index (χ0) is 16.3. The van der Waals surface area contributed by atoms with Gasteiger partial charge in [-0.2, -0.15) is 0 Å². The monoisotopic (exact) mass is 370 g/mol. The number of halogens is 1. The summed E-state index contributed by atoms with van der Waals surface area (Å²) in [4.78, 5) is 16.7. The van der Waals surface area contributed by atoms with Gasteiger partial charge in [0, 0.05) is 24.2 Å². The number of benzene rings is 1. The zero-order valence-electron chi connectivity index (χ0n) is 13.6. The third-order valence-corrected chi connectivity index (χ3v) is 5.12. The number of rotatable bonds is 7. The van der Waals surface area contributed by atoms with Gasteiger partial charge in [-0.15, -0.1) is 0 Å². The molecule has 0 saturated carbocycles. The van der Waals surface area contributed by atoms with Gasteiger partial charge < -0.3 is 19.3 Å². The van der Waals surface area contributed by atoms with E-state index in [0.717, 1.165) is 25.2 Å². The minimum atomic E-state index is -0.120. The largest absolute Gasteiger partial charge is 0.493 e. The fourth-order valence-corrected chi connectivity index (χ4v) is 3.48. The second kappa shape index (κ2) is 7.33. The van der Waals surface area contributed by atoms with Crippen molar-refractivity contribution in [2.75, 3.05) is 40.4 Å². The maximum absolute atomic E-state index is 12.6. The number of likely N-dealkylation sites (N-methyl/N-ethyl adjacent to an activating group) is 1. The van der Waals surface area contributed by atoms with Crippen LogP contribution in [0.4, 0.5) is 0 Å². The van der Waals surface area contributed by atoms with Crippen molar-refractivity contribution in [3.05, 3.63) is 23.3 Å². The average molecular weight is 371 g/mol. The fraction of sp³-hybridized carbons (Fsp3) is 0.562. The van der Waals surface area contributed by atoms with Crippen LogP contribution in [-0.2, 0) is 0 Å². The summed E-state index contributed by atoms with van der Waals surface area (Å²) < 4.78 is 10.6. The standard InChI is InChI=1S/C16H23BrN2O3/c1-5-18(6-2)7-8-19-15(17)11-9-13(21-3)14(22-4)10-12(11)16(19)20/h9-10,15H,5-8H2,1-4H3. The van der Waals surface area contributed by atoms with Gasteiger partial charge in [0.1, 0.15) is 4.95 Å². The summed E-state index contributed by atoms with van der Waals surface area (Å²) in [7, 11) is 3.18. The molecule has 1 aliphatic heterocycles. The highest BCUT2D eigenvalue weighted by molar-refractivity contribution is 9.09. The molecule has 2 rings (SSSR count). The van der Waals surface area contributed by atoms with E-state index in [4.69, 9.17) is 9.47 Å². The van der Waals surface area contributed by atoms with Crippen LogP contribution in [0.3, 0.4) is 0 Å². The van der Waals surface area contributed by atoms with E-state index < -0.39 is 0 Å². The molecule has 0 aromatic heterocycles. The number of carbonyl (C=O) groups is 1.